The van der Waals surface area contributed by atoms with Gasteiger partial charge in [0, 0.05) is 24.2 Å². The Bertz CT molecular complexity index is 675. The van der Waals surface area contributed by atoms with Gasteiger partial charge in [-0.3, -0.25) is 4.79 Å². The molecule has 1 aromatic heterocycles. The van der Waals surface area contributed by atoms with Crippen LogP contribution in [0.25, 0.3) is 10.9 Å². The Morgan fingerprint density at radius 3 is 2.95 bits per heavy atom. The van der Waals surface area contributed by atoms with Crippen molar-refractivity contribution in [1.29, 1.82) is 0 Å². The molecule has 3 rings (SSSR count). The van der Waals surface area contributed by atoms with Crippen molar-refractivity contribution in [2.75, 3.05) is 20.2 Å². The summed E-state index contributed by atoms with van der Waals surface area (Å²) < 4.78 is 5.38. The van der Waals surface area contributed by atoms with Gasteiger partial charge in [-0.2, -0.15) is 0 Å². The summed E-state index contributed by atoms with van der Waals surface area (Å²) in [4.78, 5) is 18.2. The third-order valence-electron chi connectivity index (χ3n) is 4.36. The maximum atomic E-state index is 12.9. The van der Waals surface area contributed by atoms with E-state index in [4.69, 9.17) is 4.74 Å². The zero-order chi connectivity index (χ0) is 15.0. The molecule has 2 heterocycles. The topological polar surface area (TPSA) is 45.3 Å². The smallest absolute Gasteiger partial charge is 0.256 e. The van der Waals surface area contributed by atoms with E-state index < -0.39 is 0 Å². The number of likely N-dealkylation sites (tertiary alicyclic amines) is 1. The SMILES string of the molecule is COc1cccc2c(C(=O)N3CCCC(C)C3)c(C)[nH]c12. The van der Waals surface area contributed by atoms with Crippen LogP contribution in [0.15, 0.2) is 18.2 Å². The normalized spacial score (nSPS) is 19.0. The van der Waals surface area contributed by atoms with E-state index in [1.165, 1.54) is 6.42 Å². The first-order valence-electron chi connectivity index (χ1n) is 7.56. The molecule has 0 aliphatic carbocycles. The predicted molar refractivity (Wildman–Crippen MR) is 83.9 cm³/mol. The van der Waals surface area contributed by atoms with Gasteiger partial charge in [-0.15, -0.1) is 0 Å². The number of carbonyl (C=O) groups excluding carboxylic acids is 1. The number of carbonyl (C=O) groups is 1. The number of ether oxygens (including phenoxy) is 1. The Hall–Kier alpha value is -1.97. The molecule has 0 radical (unpaired) electrons. The summed E-state index contributed by atoms with van der Waals surface area (Å²) in [5.74, 6) is 1.50. The average Bonchev–Trinajstić information content (AvgIpc) is 2.82. The van der Waals surface area contributed by atoms with E-state index in [0.29, 0.717) is 5.92 Å². The van der Waals surface area contributed by atoms with Crippen molar-refractivity contribution in [3.8, 4) is 5.75 Å². The molecule has 1 aliphatic heterocycles. The molecule has 0 spiro atoms. The second kappa shape index (κ2) is 5.43. The molecule has 0 bridgehead atoms. The lowest BCUT2D eigenvalue weighted by Crippen LogP contribution is -2.39. The number of hydrogen-bond acceptors (Lipinski definition) is 2. The van der Waals surface area contributed by atoms with Crippen LogP contribution >= 0.6 is 0 Å². The molecular formula is C17H22N2O2. The highest BCUT2D eigenvalue weighted by atomic mass is 16.5. The fourth-order valence-electron chi connectivity index (χ4n) is 3.30. The zero-order valence-corrected chi connectivity index (χ0v) is 12.9. The lowest BCUT2D eigenvalue weighted by atomic mass is 9.99. The van der Waals surface area contributed by atoms with Gasteiger partial charge in [-0.25, -0.2) is 0 Å². The zero-order valence-electron chi connectivity index (χ0n) is 12.9. The number of aromatic nitrogens is 1. The number of nitrogens with zero attached hydrogens (tertiary/aromatic N) is 1. The van der Waals surface area contributed by atoms with Crippen LogP contribution in [-0.4, -0.2) is 36.0 Å². The van der Waals surface area contributed by atoms with E-state index >= 15 is 0 Å². The molecule has 1 N–H and O–H groups in total. The summed E-state index contributed by atoms with van der Waals surface area (Å²) in [5.41, 5.74) is 2.61. The Morgan fingerprint density at radius 2 is 2.24 bits per heavy atom. The number of hydrogen-bond donors (Lipinski definition) is 1. The van der Waals surface area contributed by atoms with Crippen LogP contribution in [0.2, 0.25) is 0 Å². The summed E-state index contributed by atoms with van der Waals surface area (Å²) in [6.45, 7) is 5.89. The fourth-order valence-corrected chi connectivity index (χ4v) is 3.30. The number of aromatic amines is 1. The number of rotatable bonds is 2. The molecule has 1 saturated heterocycles. The summed E-state index contributed by atoms with van der Waals surface area (Å²) in [6, 6.07) is 5.83. The third kappa shape index (κ3) is 2.39. The molecule has 4 nitrogen and oxygen atoms in total. The number of fused-ring (bicyclic) bond motifs is 1. The van der Waals surface area contributed by atoms with Crippen molar-refractivity contribution >= 4 is 16.8 Å². The van der Waals surface area contributed by atoms with Crippen LogP contribution < -0.4 is 4.74 Å². The molecule has 0 saturated carbocycles. The van der Waals surface area contributed by atoms with Gasteiger partial charge in [0.05, 0.1) is 18.2 Å². The standard InChI is InChI=1S/C17H22N2O2/c1-11-6-5-9-19(10-11)17(20)15-12(2)18-16-13(15)7-4-8-14(16)21-3/h4,7-8,11,18H,5-6,9-10H2,1-3H3. The minimum absolute atomic E-state index is 0.138. The number of H-pyrrole nitrogens is 1. The quantitative estimate of drug-likeness (QED) is 0.920. The summed E-state index contributed by atoms with van der Waals surface area (Å²) in [7, 11) is 1.65. The van der Waals surface area contributed by atoms with Crippen molar-refractivity contribution in [1.82, 2.24) is 9.88 Å². The van der Waals surface area contributed by atoms with Crippen LogP contribution in [0, 0.1) is 12.8 Å². The summed E-state index contributed by atoms with van der Waals surface area (Å²) in [6.07, 6.45) is 2.31. The van der Waals surface area contributed by atoms with Crippen LogP contribution in [0.5, 0.6) is 5.75 Å². The van der Waals surface area contributed by atoms with Crippen LogP contribution in [0.1, 0.15) is 35.8 Å². The van der Waals surface area contributed by atoms with E-state index in [-0.39, 0.29) is 5.91 Å². The second-order valence-electron chi connectivity index (χ2n) is 6.01. The van der Waals surface area contributed by atoms with E-state index in [9.17, 15) is 4.79 Å². The fraction of sp³-hybridized carbons (Fsp3) is 0.471. The van der Waals surface area contributed by atoms with Crippen LogP contribution in [0.4, 0.5) is 0 Å². The highest BCUT2D eigenvalue weighted by Gasteiger charge is 2.26. The number of para-hydroxylation sites is 1. The van der Waals surface area contributed by atoms with Gasteiger partial charge in [0.25, 0.3) is 5.91 Å². The van der Waals surface area contributed by atoms with Crippen molar-refractivity contribution in [2.24, 2.45) is 5.92 Å². The monoisotopic (exact) mass is 286 g/mol. The molecule has 1 aromatic carbocycles. The first kappa shape index (κ1) is 14.0. The first-order valence-corrected chi connectivity index (χ1v) is 7.56. The minimum Gasteiger partial charge on any atom is -0.495 e. The van der Waals surface area contributed by atoms with Crippen molar-refractivity contribution in [3.63, 3.8) is 0 Å². The molecular weight excluding hydrogens is 264 g/mol. The molecule has 1 amide bonds. The number of methoxy groups -OCH3 is 1. The number of piperidine rings is 1. The highest BCUT2D eigenvalue weighted by Crippen LogP contribution is 2.31. The van der Waals surface area contributed by atoms with E-state index in [1.54, 1.807) is 7.11 Å². The van der Waals surface area contributed by atoms with Gasteiger partial charge in [0.2, 0.25) is 0 Å². The predicted octanol–water partition coefficient (Wildman–Crippen LogP) is 3.36. The van der Waals surface area contributed by atoms with Gasteiger partial charge < -0.3 is 14.6 Å². The van der Waals surface area contributed by atoms with Gasteiger partial charge in [-0.1, -0.05) is 19.1 Å². The minimum atomic E-state index is 0.138. The van der Waals surface area contributed by atoms with Crippen LogP contribution in [-0.2, 0) is 0 Å². The summed E-state index contributed by atoms with van der Waals surface area (Å²) in [5, 5.41) is 0.954. The van der Waals surface area contributed by atoms with Gasteiger partial charge in [-0.05, 0) is 31.7 Å². The molecule has 112 valence electrons. The molecule has 1 aliphatic rings. The van der Waals surface area contributed by atoms with Crippen LogP contribution in [0.3, 0.4) is 0 Å². The number of nitrogens with one attached hydrogen (secondary N) is 1. The highest BCUT2D eigenvalue weighted by molar-refractivity contribution is 6.09. The maximum Gasteiger partial charge on any atom is 0.256 e. The number of aryl methyl sites for hydroxylation is 1. The molecule has 2 aromatic rings. The van der Waals surface area contributed by atoms with Gasteiger partial charge in [0.15, 0.2) is 0 Å². The van der Waals surface area contributed by atoms with Crippen molar-refractivity contribution in [3.05, 3.63) is 29.5 Å². The lowest BCUT2D eigenvalue weighted by molar-refractivity contribution is 0.0684. The Labute approximate surface area is 125 Å². The largest absolute Gasteiger partial charge is 0.495 e. The second-order valence-corrected chi connectivity index (χ2v) is 6.01. The van der Waals surface area contributed by atoms with Crippen molar-refractivity contribution in [2.45, 2.75) is 26.7 Å². The molecule has 1 unspecified atom stereocenters. The number of benzene rings is 1. The molecule has 1 fully saturated rings. The molecule has 21 heavy (non-hydrogen) atoms. The average molecular weight is 286 g/mol. The van der Waals surface area contributed by atoms with Gasteiger partial charge in [0.1, 0.15) is 5.75 Å². The van der Waals surface area contributed by atoms with E-state index in [2.05, 4.69) is 11.9 Å². The Kier molecular flexibility index (Phi) is 3.62. The third-order valence-corrected chi connectivity index (χ3v) is 4.36. The van der Waals surface area contributed by atoms with Crippen molar-refractivity contribution < 1.29 is 9.53 Å². The molecule has 1 atom stereocenters. The lowest BCUT2D eigenvalue weighted by Gasteiger charge is -2.31. The Morgan fingerprint density at radius 1 is 1.43 bits per heavy atom. The van der Waals surface area contributed by atoms with Gasteiger partial charge >= 0.3 is 0 Å². The number of amides is 1. The summed E-state index contributed by atoms with van der Waals surface area (Å²) >= 11 is 0. The maximum absolute atomic E-state index is 12.9. The Balaban J connectivity index is 2.03. The molecule has 4 heteroatoms. The first-order chi connectivity index (χ1) is 10.1. The van der Waals surface area contributed by atoms with E-state index in [0.717, 1.165) is 47.4 Å². The van der Waals surface area contributed by atoms with E-state index in [1.807, 2.05) is 30.0 Å².